The van der Waals surface area contributed by atoms with E-state index in [1.807, 2.05) is 13.0 Å². The largest absolute Gasteiger partial charge is 0.376 e. The van der Waals surface area contributed by atoms with Gasteiger partial charge in [0.25, 0.3) is 0 Å². The molecule has 5 heteroatoms. The third kappa shape index (κ3) is 4.79. The number of hydrogen-bond donors (Lipinski definition) is 1. The Bertz CT molecular complexity index is 517. The van der Waals surface area contributed by atoms with E-state index in [1.54, 1.807) is 0 Å². The first-order valence-corrected chi connectivity index (χ1v) is 9.01. The van der Waals surface area contributed by atoms with E-state index in [1.165, 1.54) is 5.56 Å². The van der Waals surface area contributed by atoms with E-state index in [2.05, 4.69) is 34.5 Å². The topological polar surface area (TPSA) is 50.8 Å². The molecule has 2 heterocycles. The van der Waals surface area contributed by atoms with Gasteiger partial charge in [0.1, 0.15) is 0 Å². The number of ether oxygens (including phenoxy) is 2. The third-order valence-electron chi connectivity index (χ3n) is 4.93. The number of nitrogens with zero attached hydrogens (tertiary/aromatic N) is 1. The van der Waals surface area contributed by atoms with Crippen LogP contribution in [0.4, 0.5) is 0 Å². The molecule has 0 bridgehead atoms. The maximum atomic E-state index is 12.4. The molecule has 2 aliphatic heterocycles. The Balaban J connectivity index is 1.46. The molecular weight excluding hydrogens is 304 g/mol. The van der Waals surface area contributed by atoms with Crippen LogP contribution < -0.4 is 5.32 Å². The number of carbonyl (C=O) groups is 1. The molecule has 1 aromatic carbocycles. The molecule has 2 aliphatic rings. The summed E-state index contributed by atoms with van der Waals surface area (Å²) in [6.45, 7) is 5.71. The van der Waals surface area contributed by atoms with E-state index in [0.29, 0.717) is 13.2 Å². The quantitative estimate of drug-likeness (QED) is 0.860. The van der Waals surface area contributed by atoms with Crippen LogP contribution in [-0.2, 0) is 20.7 Å². The first-order valence-electron chi connectivity index (χ1n) is 9.01. The molecule has 3 rings (SSSR count). The first-order chi connectivity index (χ1) is 11.7. The van der Waals surface area contributed by atoms with Crippen LogP contribution in [0.3, 0.4) is 0 Å². The standard InChI is InChI=1S/C19H28N2O3/c1-15(19(22)20-13-17-8-5-10-23-17)21-9-11-24-18(14-21)12-16-6-3-2-4-7-16/h2-4,6-7,15,17-18H,5,8-14H2,1H3,(H,20,22)/t15-,17+,18+/m1/s1. The number of benzene rings is 1. The van der Waals surface area contributed by atoms with Gasteiger partial charge in [-0.3, -0.25) is 9.69 Å². The Morgan fingerprint density at radius 2 is 2.04 bits per heavy atom. The summed E-state index contributed by atoms with van der Waals surface area (Å²) in [5.74, 6) is 0.0888. The van der Waals surface area contributed by atoms with Crippen molar-refractivity contribution in [3.8, 4) is 0 Å². The molecule has 1 N–H and O–H groups in total. The summed E-state index contributed by atoms with van der Waals surface area (Å²) in [4.78, 5) is 14.6. The van der Waals surface area contributed by atoms with E-state index < -0.39 is 0 Å². The normalized spacial score (nSPS) is 26.2. The molecular formula is C19H28N2O3. The van der Waals surface area contributed by atoms with E-state index in [-0.39, 0.29) is 24.2 Å². The van der Waals surface area contributed by atoms with Crippen LogP contribution >= 0.6 is 0 Å². The Morgan fingerprint density at radius 1 is 1.25 bits per heavy atom. The smallest absolute Gasteiger partial charge is 0.237 e. The van der Waals surface area contributed by atoms with Gasteiger partial charge in [0, 0.05) is 26.2 Å². The van der Waals surface area contributed by atoms with Gasteiger partial charge in [-0.25, -0.2) is 0 Å². The number of hydrogen-bond acceptors (Lipinski definition) is 4. The summed E-state index contributed by atoms with van der Waals surface area (Å²) >= 11 is 0. The molecule has 0 saturated carbocycles. The van der Waals surface area contributed by atoms with Crippen molar-refractivity contribution in [1.29, 1.82) is 0 Å². The summed E-state index contributed by atoms with van der Waals surface area (Å²) < 4.78 is 11.5. The molecule has 24 heavy (non-hydrogen) atoms. The highest BCUT2D eigenvalue weighted by atomic mass is 16.5. The predicted molar refractivity (Wildman–Crippen MR) is 92.9 cm³/mol. The molecule has 0 aromatic heterocycles. The molecule has 0 radical (unpaired) electrons. The summed E-state index contributed by atoms with van der Waals surface area (Å²) in [6, 6.07) is 10.3. The van der Waals surface area contributed by atoms with Gasteiger partial charge in [-0.1, -0.05) is 30.3 Å². The van der Waals surface area contributed by atoms with Crippen LogP contribution in [0.5, 0.6) is 0 Å². The third-order valence-corrected chi connectivity index (χ3v) is 4.93. The fourth-order valence-electron chi connectivity index (χ4n) is 3.43. The highest BCUT2D eigenvalue weighted by molar-refractivity contribution is 5.81. The first kappa shape index (κ1) is 17.4. The Kier molecular flexibility index (Phi) is 6.24. The van der Waals surface area contributed by atoms with Gasteiger partial charge in [0.05, 0.1) is 24.9 Å². The molecule has 5 nitrogen and oxygen atoms in total. The average Bonchev–Trinajstić information content (AvgIpc) is 3.14. The minimum atomic E-state index is -0.131. The van der Waals surface area contributed by atoms with Crippen molar-refractivity contribution in [2.45, 2.75) is 44.4 Å². The van der Waals surface area contributed by atoms with Crippen LogP contribution in [0, 0.1) is 0 Å². The Labute approximate surface area is 144 Å². The van der Waals surface area contributed by atoms with E-state index in [4.69, 9.17) is 9.47 Å². The van der Waals surface area contributed by atoms with Gasteiger partial charge >= 0.3 is 0 Å². The zero-order chi connectivity index (χ0) is 16.8. The van der Waals surface area contributed by atoms with Gasteiger partial charge in [-0.2, -0.15) is 0 Å². The zero-order valence-electron chi connectivity index (χ0n) is 14.4. The van der Waals surface area contributed by atoms with Crippen molar-refractivity contribution < 1.29 is 14.3 Å². The molecule has 2 fully saturated rings. The predicted octanol–water partition coefficient (Wildman–Crippen LogP) is 1.61. The highest BCUT2D eigenvalue weighted by Crippen LogP contribution is 2.15. The van der Waals surface area contributed by atoms with Gasteiger partial charge in [0.15, 0.2) is 0 Å². The van der Waals surface area contributed by atoms with Crippen LogP contribution in [0.25, 0.3) is 0 Å². The van der Waals surface area contributed by atoms with E-state index >= 15 is 0 Å². The molecule has 0 aliphatic carbocycles. The lowest BCUT2D eigenvalue weighted by Gasteiger charge is -2.36. The van der Waals surface area contributed by atoms with E-state index in [9.17, 15) is 4.79 Å². The summed E-state index contributed by atoms with van der Waals surface area (Å²) in [5.41, 5.74) is 1.28. The maximum Gasteiger partial charge on any atom is 0.237 e. The SMILES string of the molecule is C[C@H](C(=O)NC[C@@H]1CCCO1)N1CCO[C@@H](Cc2ccccc2)C1. The summed E-state index contributed by atoms with van der Waals surface area (Å²) in [7, 11) is 0. The minimum absolute atomic E-state index is 0.0888. The van der Waals surface area contributed by atoms with Crippen LogP contribution in [0.2, 0.25) is 0 Å². The second-order valence-corrected chi connectivity index (χ2v) is 6.73. The number of rotatable bonds is 6. The number of carbonyl (C=O) groups excluding carboxylic acids is 1. The maximum absolute atomic E-state index is 12.4. The molecule has 1 aromatic rings. The van der Waals surface area contributed by atoms with Gasteiger partial charge < -0.3 is 14.8 Å². The molecule has 132 valence electrons. The second-order valence-electron chi connectivity index (χ2n) is 6.73. The lowest BCUT2D eigenvalue weighted by atomic mass is 10.1. The van der Waals surface area contributed by atoms with Crippen molar-refractivity contribution in [2.24, 2.45) is 0 Å². The summed E-state index contributed by atoms with van der Waals surface area (Å²) in [6.07, 6.45) is 3.37. The Morgan fingerprint density at radius 3 is 2.79 bits per heavy atom. The zero-order valence-corrected chi connectivity index (χ0v) is 14.4. The van der Waals surface area contributed by atoms with Gasteiger partial charge in [-0.05, 0) is 31.7 Å². The van der Waals surface area contributed by atoms with Crippen LogP contribution in [0.15, 0.2) is 30.3 Å². The van der Waals surface area contributed by atoms with E-state index in [0.717, 1.165) is 39.0 Å². The number of amides is 1. The van der Waals surface area contributed by atoms with Crippen LogP contribution in [-0.4, -0.2) is 61.9 Å². The molecule has 2 saturated heterocycles. The number of morpholine rings is 1. The van der Waals surface area contributed by atoms with Crippen LogP contribution in [0.1, 0.15) is 25.3 Å². The van der Waals surface area contributed by atoms with Crippen molar-refractivity contribution in [1.82, 2.24) is 10.2 Å². The van der Waals surface area contributed by atoms with Gasteiger partial charge in [-0.15, -0.1) is 0 Å². The molecule has 0 unspecified atom stereocenters. The minimum Gasteiger partial charge on any atom is -0.376 e. The monoisotopic (exact) mass is 332 g/mol. The highest BCUT2D eigenvalue weighted by Gasteiger charge is 2.28. The van der Waals surface area contributed by atoms with Crippen molar-refractivity contribution in [2.75, 3.05) is 32.8 Å². The van der Waals surface area contributed by atoms with Crippen molar-refractivity contribution >= 4 is 5.91 Å². The Hall–Kier alpha value is -1.43. The lowest BCUT2D eigenvalue weighted by molar-refractivity contribution is -0.129. The average molecular weight is 332 g/mol. The molecule has 0 spiro atoms. The molecule has 3 atom stereocenters. The molecule has 1 amide bonds. The summed E-state index contributed by atoms with van der Waals surface area (Å²) in [5, 5.41) is 3.04. The second kappa shape index (κ2) is 8.60. The van der Waals surface area contributed by atoms with Crippen molar-refractivity contribution in [3.05, 3.63) is 35.9 Å². The fraction of sp³-hybridized carbons (Fsp3) is 0.632. The fourth-order valence-corrected chi connectivity index (χ4v) is 3.43. The number of nitrogens with one attached hydrogen (secondary N) is 1. The van der Waals surface area contributed by atoms with Crippen molar-refractivity contribution in [3.63, 3.8) is 0 Å². The van der Waals surface area contributed by atoms with Gasteiger partial charge in [0.2, 0.25) is 5.91 Å². The lowest BCUT2D eigenvalue weighted by Crippen LogP contribution is -2.53.